The Morgan fingerprint density at radius 2 is 1.57 bits per heavy atom. The van der Waals surface area contributed by atoms with Crippen LogP contribution in [0.15, 0.2) is 65.8 Å². The number of aromatic nitrogens is 2. The van der Waals surface area contributed by atoms with E-state index >= 15 is 0 Å². The first kappa shape index (κ1) is 18.3. The van der Waals surface area contributed by atoms with Gasteiger partial charge in [-0.25, -0.2) is 9.69 Å². The Morgan fingerprint density at radius 3 is 2.30 bits per heavy atom. The summed E-state index contributed by atoms with van der Waals surface area (Å²) in [4.78, 5) is 25.5. The molecule has 0 fully saturated rings. The number of amides is 2. The number of benzene rings is 2. The summed E-state index contributed by atoms with van der Waals surface area (Å²) in [5.74, 6) is 0.285. The van der Waals surface area contributed by atoms with Gasteiger partial charge in [0.2, 0.25) is 5.91 Å². The van der Waals surface area contributed by atoms with E-state index in [2.05, 4.69) is 10.4 Å². The largest absolute Gasteiger partial charge is 0.305 e. The molecule has 2 heterocycles. The van der Waals surface area contributed by atoms with Gasteiger partial charge >= 0.3 is 0 Å². The van der Waals surface area contributed by atoms with E-state index in [4.69, 9.17) is 5.10 Å². The van der Waals surface area contributed by atoms with Crippen LogP contribution in [0.2, 0.25) is 0 Å². The van der Waals surface area contributed by atoms with Gasteiger partial charge in [0.15, 0.2) is 0 Å². The number of nitrogens with one attached hydrogen (secondary N) is 1. The summed E-state index contributed by atoms with van der Waals surface area (Å²) in [5.41, 5.74) is 4.00. The Hall–Kier alpha value is -3.74. The van der Waals surface area contributed by atoms with E-state index in [-0.39, 0.29) is 18.2 Å². The molecule has 1 N–H and O–H groups in total. The fourth-order valence-electron chi connectivity index (χ4n) is 3.94. The number of rotatable bonds is 4. The summed E-state index contributed by atoms with van der Waals surface area (Å²) in [5, 5.41) is 13.5. The van der Waals surface area contributed by atoms with Crippen molar-refractivity contribution in [3.63, 3.8) is 0 Å². The van der Waals surface area contributed by atoms with Crippen LogP contribution >= 0.6 is 0 Å². The van der Waals surface area contributed by atoms with Crippen molar-refractivity contribution >= 4 is 29.0 Å². The third-order valence-electron chi connectivity index (χ3n) is 5.44. The van der Waals surface area contributed by atoms with Gasteiger partial charge in [0, 0.05) is 18.4 Å². The topological polar surface area (TPSA) is 79.6 Å². The lowest BCUT2D eigenvalue weighted by Crippen LogP contribution is -2.36. The Balaban J connectivity index is 1.47. The third kappa shape index (κ3) is 3.28. The first-order valence-corrected chi connectivity index (χ1v) is 10.1. The number of fused-ring (bicyclic) bond motifs is 1. The highest BCUT2D eigenvalue weighted by Gasteiger charge is 2.29. The Morgan fingerprint density at radius 1 is 0.867 bits per heavy atom. The number of aryl methyl sites for hydroxylation is 1. The molecule has 0 saturated carbocycles. The normalized spacial score (nSPS) is 15.7. The predicted molar refractivity (Wildman–Crippen MR) is 115 cm³/mol. The highest BCUT2D eigenvalue weighted by molar-refractivity contribution is 6.44. The molecule has 3 aromatic rings. The van der Waals surface area contributed by atoms with Gasteiger partial charge in [-0.3, -0.25) is 9.59 Å². The van der Waals surface area contributed by atoms with Crippen LogP contribution in [0.1, 0.15) is 30.5 Å². The van der Waals surface area contributed by atoms with Crippen LogP contribution in [0.25, 0.3) is 5.69 Å². The molecule has 7 heteroatoms. The molecule has 0 spiro atoms. The van der Waals surface area contributed by atoms with Gasteiger partial charge in [-0.1, -0.05) is 36.4 Å². The zero-order chi connectivity index (χ0) is 20.5. The maximum Gasteiger partial charge on any atom is 0.273 e. The standard InChI is InChI=1S/C23H21N5O2/c29-21-15-14-20(26-27(21)16-8-3-1-4-9-16)23(30)24-22-18-12-7-13-19(18)25-28(22)17-10-5-2-6-11-17/h1-6,8-11H,7,12-15H2,(H,24,30). The number of para-hydroxylation sites is 2. The zero-order valence-corrected chi connectivity index (χ0v) is 16.4. The van der Waals surface area contributed by atoms with Crippen molar-refractivity contribution in [1.82, 2.24) is 9.78 Å². The fourth-order valence-corrected chi connectivity index (χ4v) is 3.94. The lowest BCUT2D eigenvalue weighted by atomic mass is 10.1. The molecular formula is C23H21N5O2. The van der Waals surface area contributed by atoms with Gasteiger partial charge in [0.25, 0.3) is 5.91 Å². The first-order chi connectivity index (χ1) is 14.7. The second kappa shape index (κ2) is 7.59. The van der Waals surface area contributed by atoms with Crippen molar-refractivity contribution in [3.05, 3.63) is 71.9 Å². The third-order valence-corrected chi connectivity index (χ3v) is 5.44. The molecule has 2 amide bonds. The maximum absolute atomic E-state index is 13.1. The molecule has 7 nitrogen and oxygen atoms in total. The van der Waals surface area contributed by atoms with E-state index in [9.17, 15) is 9.59 Å². The van der Waals surface area contributed by atoms with Crippen LogP contribution < -0.4 is 10.3 Å². The second-order valence-corrected chi connectivity index (χ2v) is 7.42. The molecule has 0 atom stereocenters. The molecule has 5 rings (SSSR count). The van der Waals surface area contributed by atoms with E-state index in [1.165, 1.54) is 5.01 Å². The van der Waals surface area contributed by atoms with Crippen LogP contribution in [0.3, 0.4) is 0 Å². The number of anilines is 2. The van der Waals surface area contributed by atoms with Gasteiger partial charge in [-0.15, -0.1) is 0 Å². The van der Waals surface area contributed by atoms with Crippen molar-refractivity contribution in [1.29, 1.82) is 0 Å². The van der Waals surface area contributed by atoms with Crippen LogP contribution in [-0.4, -0.2) is 27.3 Å². The Kier molecular flexibility index (Phi) is 4.63. The molecule has 0 unspecified atom stereocenters. The van der Waals surface area contributed by atoms with E-state index in [0.29, 0.717) is 23.6 Å². The number of hydrogen-bond donors (Lipinski definition) is 1. The van der Waals surface area contributed by atoms with E-state index in [1.54, 1.807) is 16.8 Å². The summed E-state index contributed by atoms with van der Waals surface area (Å²) in [6, 6.07) is 18.9. The average Bonchev–Trinajstić information content (AvgIpc) is 3.38. The van der Waals surface area contributed by atoms with Gasteiger partial charge < -0.3 is 5.32 Å². The van der Waals surface area contributed by atoms with E-state index in [1.807, 2.05) is 48.5 Å². The molecular weight excluding hydrogens is 378 g/mol. The number of hydrogen-bond acceptors (Lipinski definition) is 4. The summed E-state index contributed by atoms with van der Waals surface area (Å²) in [6.45, 7) is 0. The average molecular weight is 399 g/mol. The predicted octanol–water partition coefficient (Wildman–Crippen LogP) is 3.48. The lowest BCUT2D eigenvalue weighted by Gasteiger charge is -2.23. The first-order valence-electron chi connectivity index (χ1n) is 10.1. The minimum absolute atomic E-state index is 0.118. The molecule has 1 aliphatic carbocycles. The summed E-state index contributed by atoms with van der Waals surface area (Å²) in [6.07, 6.45) is 3.40. The SMILES string of the molecule is O=C(Nc1c2c(nn1-c1ccccc1)CCC2)C1=NN(c2ccccc2)C(=O)CC1. The molecule has 1 aromatic heterocycles. The highest BCUT2D eigenvalue weighted by Crippen LogP contribution is 2.31. The fraction of sp³-hybridized carbons (Fsp3) is 0.217. The zero-order valence-electron chi connectivity index (χ0n) is 16.4. The van der Waals surface area contributed by atoms with Crippen LogP contribution in [-0.2, 0) is 22.4 Å². The monoisotopic (exact) mass is 399 g/mol. The lowest BCUT2D eigenvalue weighted by molar-refractivity contribution is -0.118. The summed E-state index contributed by atoms with van der Waals surface area (Å²) < 4.78 is 1.80. The molecule has 0 saturated heterocycles. The van der Waals surface area contributed by atoms with Crippen molar-refractivity contribution in [2.45, 2.75) is 32.1 Å². The summed E-state index contributed by atoms with van der Waals surface area (Å²) in [7, 11) is 0. The highest BCUT2D eigenvalue weighted by atomic mass is 16.2. The number of carbonyl (C=O) groups excluding carboxylic acids is 2. The molecule has 0 radical (unpaired) electrons. The van der Waals surface area contributed by atoms with Crippen molar-refractivity contribution in [2.24, 2.45) is 5.10 Å². The quantitative estimate of drug-likeness (QED) is 0.729. The van der Waals surface area contributed by atoms with Crippen LogP contribution in [0, 0.1) is 0 Å². The molecule has 2 aliphatic rings. The van der Waals surface area contributed by atoms with Crippen molar-refractivity contribution in [3.8, 4) is 5.69 Å². The van der Waals surface area contributed by atoms with E-state index < -0.39 is 0 Å². The van der Waals surface area contributed by atoms with E-state index in [0.717, 1.165) is 36.2 Å². The van der Waals surface area contributed by atoms with Gasteiger partial charge in [0.05, 0.1) is 17.1 Å². The Bertz CT molecular complexity index is 1140. The minimum Gasteiger partial charge on any atom is -0.305 e. The number of nitrogens with zero attached hydrogens (tertiary/aromatic N) is 4. The second-order valence-electron chi connectivity index (χ2n) is 7.42. The Labute approximate surface area is 174 Å². The molecule has 30 heavy (non-hydrogen) atoms. The number of carbonyl (C=O) groups is 2. The number of hydrazone groups is 1. The minimum atomic E-state index is -0.296. The maximum atomic E-state index is 13.1. The molecule has 150 valence electrons. The summed E-state index contributed by atoms with van der Waals surface area (Å²) >= 11 is 0. The van der Waals surface area contributed by atoms with Gasteiger partial charge in [-0.2, -0.15) is 10.2 Å². The van der Waals surface area contributed by atoms with Gasteiger partial charge in [-0.05, 0) is 43.5 Å². The molecule has 0 bridgehead atoms. The van der Waals surface area contributed by atoms with Crippen LogP contribution in [0.4, 0.5) is 11.5 Å². The van der Waals surface area contributed by atoms with Crippen molar-refractivity contribution in [2.75, 3.05) is 10.3 Å². The molecule has 2 aromatic carbocycles. The molecule has 1 aliphatic heterocycles. The van der Waals surface area contributed by atoms with Crippen LogP contribution in [0.5, 0.6) is 0 Å². The van der Waals surface area contributed by atoms with Gasteiger partial charge in [0.1, 0.15) is 11.5 Å². The van der Waals surface area contributed by atoms with Crippen molar-refractivity contribution < 1.29 is 9.59 Å². The smallest absolute Gasteiger partial charge is 0.273 e.